The summed E-state index contributed by atoms with van der Waals surface area (Å²) in [4.78, 5) is 0. The summed E-state index contributed by atoms with van der Waals surface area (Å²) in [6, 6.07) is 12.8. The Bertz CT molecular complexity index is 667. The third-order valence-electron chi connectivity index (χ3n) is 3.70. The average Bonchev–Trinajstić information content (AvgIpc) is 3.02. The van der Waals surface area contributed by atoms with Crippen LogP contribution in [0.5, 0.6) is 0 Å². The number of hydrogen-bond acceptors (Lipinski definition) is 0. The summed E-state index contributed by atoms with van der Waals surface area (Å²) in [5.74, 6) is 0. The molecule has 0 amide bonds. The Morgan fingerprint density at radius 2 is 1.43 bits per heavy atom. The van der Waals surface area contributed by atoms with E-state index in [1.807, 2.05) is 11.6 Å². The first kappa shape index (κ1) is 13.6. The molecule has 0 aliphatic carbocycles. The van der Waals surface area contributed by atoms with Gasteiger partial charge < -0.3 is 4.57 Å². The third-order valence-corrected chi connectivity index (χ3v) is 3.70. The normalized spacial score (nSPS) is 10.7. The molecule has 3 heteroatoms. The SMILES string of the molecule is C[n+]1ccc(-c2cc[n+](CCCn3cccc3)cc2)cc1. The summed E-state index contributed by atoms with van der Waals surface area (Å²) >= 11 is 0. The monoisotopic (exact) mass is 279 g/mol. The maximum absolute atomic E-state index is 2.25. The minimum Gasteiger partial charge on any atom is -0.354 e. The van der Waals surface area contributed by atoms with Crippen LogP contribution in [0, 0.1) is 0 Å². The van der Waals surface area contributed by atoms with Crippen molar-refractivity contribution >= 4 is 0 Å². The second kappa shape index (κ2) is 6.35. The van der Waals surface area contributed by atoms with Gasteiger partial charge >= 0.3 is 0 Å². The molecule has 0 aliphatic rings. The van der Waals surface area contributed by atoms with Gasteiger partial charge in [0.2, 0.25) is 0 Å². The standard InChI is InChI=1S/C18H21N3/c1-19-13-5-17(6-14-19)18-7-15-21(16-8-18)12-4-11-20-9-2-3-10-20/h2-3,5-10,13-16H,4,11-12H2,1H3/q+2. The van der Waals surface area contributed by atoms with Crippen molar-refractivity contribution in [3.05, 3.63) is 73.6 Å². The molecular weight excluding hydrogens is 258 g/mol. The molecule has 0 spiro atoms. The number of pyridine rings is 2. The van der Waals surface area contributed by atoms with E-state index in [1.54, 1.807) is 0 Å². The van der Waals surface area contributed by atoms with Crippen molar-refractivity contribution in [2.75, 3.05) is 0 Å². The average molecular weight is 279 g/mol. The minimum atomic E-state index is 1.04. The van der Waals surface area contributed by atoms with Crippen LogP contribution < -0.4 is 9.13 Å². The maximum atomic E-state index is 2.25. The van der Waals surface area contributed by atoms with Crippen LogP contribution in [0.25, 0.3) is 11.1 Å². The Kier molecular flexibility index (Phi) is 4.10. The molecule has 21 heavy (non-hydrogen) atoms. The molecule has 0 unspecified atom stereocenters. The molecule has 0 atom stereocenters. The smallest absolute Gasteiger partial charge is 0.169 e. The molecule has 0 saturated heterocycles. The Hall–Kier alpha value is -2.42. The Balaban J connectivity index is 1.60. The zero-order valence-corrected chi connectivity index (χ0v) is 12.4. The lowest BCUT2D eigenvalue weighted by Gasteiger charge is -2.02. The predicted molar refractivity (Wildman–Crippen MR) is 82.3 cm³/mol. The molecule has 3 rings (SSSR count). The summed E-state index contributed by atoms with van der Waals surface area (Å²) in [6.07, 6.45) is 13.9. The van der Waals surface area contributed by atoms with Crippen molar-refractivity contribution in [2.45, 2.75) is 19.5 Å². The van der Waals surface area contributed by atoms with Crippen molar-refractivity contribution in [3.8, 4) is 11.1 Å². The maximum Gasteiger partial charge on any atom is 0.169 e. The first-order valence-corrected chi connectivity index (χ1v) is 7.37. The van der Waals surface area contributed by atoms with Gasteiger partial charge in [-0.2, -0.15) is 0 Å². The molecule has 3 aromatic heterocycles. The molecule has 3 nitrogen and oxygen atoms in total. The molecule has 3 heterocycles. The largest absolute Gasteiger partial charge is 0.354 e. The van der Waals surface area contributed by atoms with Gasteiger partial charge in [0.05, 0.1) is 0 Å². The van der Waals surface area contributed by atoms with Gasteiger partial charge in [-0.1, -0.05) is 0 Å². The highest BCUT2D eigenvalue weighted by Gasteiger charge is 2.04. The van der Waals surface area contributed by atoms with E-state index in [0.717, 1.165) is 19.5 Å². The Morgan fingerprint density at radius 1 is 0.857 bits per heavy atom. The molecular formula is C18H21N3+2. The molecule has 0 bridgehead atoms. The van der Waals surface area contributed by atoms with Crippen molar-refractivity contribution in [2.24, 2.45) is 7.05 Å². The van der Waals surface area contributed by atoms with E-state index < -0.39 is 0 Å². The van der Waals surface area contributed by atoms with E-state index in [9.17, 15) is 0 Å². The summed E-state index contributed by atoms with van der Waals surface area (Å²) in [5, 5.41) is 0. The Labute approximate surface area is 125 Å². The van der Waals surface area contributed by atoms with Crippen LogP contribution in [0.15, 0.2) is 73.6 Å². The topological polar surface area (TPSA) is 12.7 Å². The third kappa shape index (κ3) is 3.57. The molecule has 0 aliphatic heterocycles. The fourth-order valence-electron chi connectivity index (χ4n) is 2.45. The van der Waals surface area contributed by atoms with Gasteiger partial charge in [0.1, 0.15) is 13.6 Å². The lowest BCUT2D eigenvalue weighted by Crippen LogP contribution is -2.33. The van der Waals surface area contributed by atoms with E-state index in [0.29, 0.717) is 0 Å². The van der Waals surface area contributed by atoms with Gasteiger partial charge in [0.15, 0.2) is 24.8 Å². The molecule has 0 saturated carbocycles. The number of rotatable bonds is 5. The fourth-order valence-corrected chi connectivity index (χ4v) is 2.45. The second-order valence-corrected chi connectivity index (χ2v) is 5.35. The number of aromatic nitrogens is 3. The fraction of sp³-hybridized carbons (Fsp3) is 0.222. The van der Waals surface area contributed by atoms with Crippen LogP contribution in [0.4, 0.5) is 0 Å². The highest BCUT2D eigenvalue weighted by molar-refractivity contribution is 5.60. The van der Waals surface area contributed by atoms with Crippen LogP contribution in [0.3, 0.4) is 0 Å². The van der Waals surface area contributed by atoms with Crippen LogP contribution in [-0.2, 0) is 20.1 Å². The highest BCUT2D eigenvalue weighted by Crippen LogP contribution is 2.15. The second-order valence-electron chi connectivity index (χ2n) is 5.35. The van der Waals surface area contributed by atoms with E-state index in [4.69, 9.17) is 0 Å². The van der Waals surface area contributed by atoms with Crippen LogP contribution in [0.2, 0.25) is 0 Å². The van der Waals surface area contributed by atoms with Crippen molar-refractivity contribution in [1.29, 1.82) is 0 Å². The quantitative estimate of drug-likeness (QED) is 0.636. The summed E-state index contributed by atoms with van der Waals surface area (Å²) < 4.78 is 6.52. The van der Waals surface area contributed by atoms with Gasteiger partial charge in [-0.05, 0) is 23.3 Å². The molecule has 0 aromatic carbocycles. The van der Waals surface area contributed by atoms with Crippen molar-refractivity contribution < 1.29 is 9.13 Å². The van der Waals surface area contributed by atoms with Crippen molar-refractivity contribution in [1.82, 2.24) is 4.57 Å². The van der Waals surface area contributed by atoms with Gasteiger partial charge in [0.25, 0.3) is 0 Å². The Morgan fingerprint density at radius 3 is 2.05 bits per heavy atom. The van der Waals surface area contributed by atoms with Gasteiger partial charge in [-0.3, -0.25) is 0 Å². The summed E-state index contributed by atoms with van der Waals surface area (Å²) in [7, 11) is 2.04. The summed E-state index contributed by atoms with van der Waals surface area (Å²) in [5.41, 5.74) is 2.52. The summed E-state index contributed by atoms with van der Waals surface area (Å²) in [6.45, 7) is 2.11. The van der Waals surface area contributed by atoms with Crippen molar-refractivity contribution in [3.63, 3.8) is 0 Å². The van der Waals surface area contributed by atoms with E-state index >= 15 is 0 Å². The van der Waals surface area contributed by atoms with Crippen LogP contribution in [0.1, 0.15) is 6.42 Å². The van der Waals surface area contributed by atoms with E-state index in [2.05, 4.69) is 82.7 Å². The highest BCUT2D eigenvalue weighted by atomic mass is 15.0. The number of hydrogen-bond donors (Lipinski definition) is 0. The number of nitrogens with zero attached hydrogens (tertiary/aromatic N) is 3. The first-order valence-electron chi connectivity index (χ1n) is 7.37. The molecule has 0 N–H and O–H groups in total. The minimum absolute atomic E-state index is 1.04. The molecule has 0 radical (unpaired) electrons. The zero-order chi connectivity index (χ0) is 14.5. The lowest BCUT2D eigenvalue weighted by atomic mass is 10.1. The number of aryl methyl sites for hydroxylation is 3. The lowest BCUT2D eigenvalue weighted by molar-refractivity contribution is -0.697. The molecule has 106 valence electrons. The van der Waals surface area contributed by atoms with Gasteiger partial charge in [-0.25, -0.2) is 9.13 Å². The zero-order valence-electron chi connectivity index (χ0n) is 12.4. The first-order chi connectivity index (χ1) is 10.3. The van der Waals surface area contributed by atoms with Gasteiger partial charge in [0, 0.05) is 49.6 Å². The van der Waals surface area contributed by atoms with Gasteiger partial charge in [-0.15, -0.1) is 0 Å². The predicted octanol–water partition coefficient (Wildman–Crippen LogP) is 2.36. The molecule has 0 fully saturated rings. The van der Waals surface area contributed by atoms with Crippen LogP contribution in [-0.4, -0.2) is 4.57 Å². The molecule has 3 aromatic rings. The van der Waals surface area contributed by atoms with Crippen LogP contribution >= 0.6 is 0 Å². The van der Waals surface area contributed by atoms with E-state index in [-0.39, 0.29) is 0 Å². The van der Waals surface area contributed by atoms with E-state index in [1.165, 1.54) is 11.1 Å².